The van der Waals surface area contributed by atoms with Crippen molar-refractivity contribution in [2.45, 2.75) is 0 Å². The van der Waals surface area contributed by atoms with Crippen molar-refractivity contribution in [3.05, 3.63) is 0 Å². The maximum Gasteiger partial charge on any atom is 0.327 e. The number of ether oxygens (including phenoxy) is 12. The fourth-order valence-corrected chi connectivity index (χ4v) is 2.99. The molecule has 0 aliphatic rings. The third-order valence-corrected chi connectivity index (χ3v) is 5.44. The van der Waals surface area contributed by atoms with Gasteiger partial charge in [-0.25, -0.2) is 0 Å². The predicted octanol–water partition coefficient (Wildman–Crippen LogP) is -0.00690. The van der Waals surface area contributed by atoms with Crippen molar-refractivity contribution in [2.75, 3.05) is 165 Å². The summed E-state index contributed by atoms with van der Waals surface area (Å²) in [6.07, 6.45) is -0.286. The summed E-state index contributed by atoms with van der Waals surface area (Å²) in [6.45, 7) is 10.6. The Morgan fingerprint density at radius 2 is 0.512 bits per heavy atom. The third kappa shape index (κ3) is 39.7. The van der Waals surface area contributed by atoms with Crippen LogP contribution in [0, 0.1) is 0 Å². The van der Waals surface area contributed by atoms with Crippen molar-refractivity contribution < 1.29 is 71.2 Å². The van der Waals surface area contributed by atoms with Crippen molar-refractivity contribution in [2.24, 2.45) is 0 Å². The summed E-state index contributed by atoms with van der Waals surface area (Å²) in [7, 11) is -2.36. The monoisotopic (exact) mass is 624 g/mol. The minimum atomic E-state index is -4.00. The molecule has 0 amide bonds. The zero-order valence-electron chi connectivity index (χ0n) is 24.6. The van der Waals surface area contributed by atoms with Crippen LogP contribution in [0.2, 0.25) is 0 Å². The molecule has 248 valence electrons. The second-order valence-corrected chi connectivity index (χ2v) is 9.89. The van der Waals surface area contributed by atoms with Crippen LogP contribution in [0.25, 0.3) is 0 Å². The minimum Gasteiger partial charge on any atom is -0.382 e. The van der Waals surface area contributed by atoms with Crippen LogP contribution in [0.15, 0.2) is 0 Å². The standard InChI is InChI=1S/C25H53O15P/c1-29-2-3-30-4-5-31-6-7-32-8-9-33-10-11-34-12-13-35-14-15-36-16-17-37-18-19-38-20-21-39-22-23-40-24-25-41(26,27)28/h2-25H2,1H3,(H2,26,27,28). The van der Waals surface area contributed by atoms with E-state index in [1.807, 2.05) is 0 Å². The van der Waals surface area contributed by atoms with Gasteiger partial charge in [-0.15, -0.1) is 0 Å². The smallest absolute Gasteiger partial charge is 0.327 e. The molecule has 0 fully saturated rings. The predicted molar refractivity (Wildman–Crippen MR) is 148 cm³/mol. The number of hydrogen-bond donors (Lipinski definition) is 2. The lowest BCUT2D eigenvalue weighted by molar-refractivity contribution is -0.0279. The Morgan fingerprint density at radius 3 is 0.683 bits per heavy atom. The van der Waals surface area contributed by atoms with Crippen LogP contribution in [0.1, 0.15) is 0 Å². The first-order valence-corrected chi connectivity index (χ1v) is 15.7. The Balaban J connectivity index is 3.05. The lowest BCUT2D eigenvalue weighted by atomic mass is 10.6. The highest BCUT2D eigenvalue weighted by atomic mass is 31.2. The zero-order valence-corrected chi connectivity index (χ0v) is 25.5. The first-order valence-electron chi connectivity index (χ1n) is 13.9. The van der Waals surface area contributed by atoms with E-state index in [4.69, 9.17) is 66.6 Å². The summed E-state index contributed by atoms with van der Waals surface area (Å²) >= 11 is 0. The van der Waals surface area contributed by atoms with Crippen molar-refractivity contribution in [3.8, 4) is 0 Å². The molecular formula is C25H53O15P. The molecule has 41 heavy (non-hydrogen) atoms. The summed E-state index contributed by atoms with van der Waals surface area (Å²) in [5, 5.41) is 0. The lowest BCUT2D eigenvalue weighted by Crippen LogP contribution is -2.15. The minimum absolute atomic E-state index is 0.00792. The van der Waals surface area contributed by atoms with Gasteiger partial charge in [0.25, 0.3) is 0 Å². The third-order valence-electron chi connectivity index (χ3n) is 4.68. The summed E-state index contributed by atoms with van der Waals surface area (Å²) in [4.78, 5) is 17.4. The first kappa shape index (κ1) is 40.7. The maximum absolute atomic E-state index is 10.6. The molecule has 16 heteroatoms. The van der Waals surface area contributed by atoms with E-state index >= 15 is 0 Å². The number of methoxy groups -OCH3 is 1. The molecular weight excluding hydrogens is 571 g/mol. The van der Waals surface area contributed by atoms with E-state index in [2.05, 4.69) is 0 Å². The molecule has 0 aromatic rings. The van der Waals surface area contributed by atoms with Crippen LogP contribution in [-0.4, -0.2) is 175 Å². The lowest BCUT2D eigenvalue weighted by Gasteiger charge is -2.09. The fourth-order valence-electron chi connectivity index (χ4n) is 2.63. The van der Waals surface area contributed by atoms with Crippen molar-refractivity contribution in [1.29, 1.82) is 0 Å². The van der Waals surface area contributed by atoms with Crippen LogP contribution in [0.4, 0.5) is 0 Å². The highest BCUT2D eigenvalue weighted by Gasteiger charge is 2.11. The molecule has 0 bridgehead atoms. The van der Waals surface area contributed by atoms with Crippen LogP contribution < -0.4 is 0 Å². The Labute approximate surface area is 244 Å². The van der Waals surface area contributed by atoms with Gasteiger partial charge < -0.3 is 66.6 Å². The van der Waals surface area contributed by atoms with Crippen LogP contribution >= 0.6 is 7.60 Å². The fraction of sp³-hybridized carbons (Fsp3) is 1.00. The van der Waals surface area contributed by atoms with Crippen LogP contribution in [-0.2, 0) is 61.4 Å². The second-order valence-electron chi connectivity index (χ2n) is 8.12. The molecule has 0 aromatic heterocycles. The molecule has 0 aromatic carbocycles. The summed E-state index contributed by atoms with van der Waals surface area (Å²) < 4.78 is 74.5. The molecule has 0 atom stereocenters. The number of hydrogen-bond acceptors (Lipinski definition) is 13. The van der Waals surface area contributed by atoms with E-state index in [1.165, 1.54) is 0 Å². The molecule has 0 unspecified atom stereocenters. The van der Waals surface area contributed by atoms with Gasteiger partial charge in [-0.3, -0.25) is 4.57 Å². The molecule has 0 rings (SSSR count). The van der Waals surface area contributed by atoms with Gasteiger partial charge in [0, 0.05) is 7.11 Å². The molecule has 15 nitrogen and oxygen atoms in total. The first-order chi connectivity index (χ1) is 20.1. The quantitative estimate of drug-likeness (QED) is 0.0705. The summed E-state index contributed by atoms with van der Waals surface area (Å²) in [6, 6.07) is 0. The SMILES string of the molecule is COCCOCCOCCOCCOCCOCCOCCOCCOCCOCCOCCOCCP(=O)(O)O. The van der Waals surface area contributed by atoms with E-state index in [0.29, 0.717) is 139 Å². The highest BCUT2D eigenvalue weighted by molar-refractivity contribution is 7.51. The van der Waals surface area contributed by atoms with Crippen LogP contribution in [0.5, 0.6) is 0 Å². The maximum atomic E-state index is 10.6. The Bertz CT molecular complexity index is 541. The summed E-state index contributed by atoms with van der Waals surface area (Å²) in [5.41, 5.74) is 0. The van der Waals surface area contributed by atoms with Gasteiger partial charge in [-0.2, -0.15) is 0 Å². The van der Waals surface area contributed by atoms with Gasteiger partial charge in [0.15, 0.2) is 0 Å². The van der Waals surface area contributed by atoms with Gasteiger partial charge >= 0.3 is 7.60 Å². The van der Waals surface area contributed by atoms with Gasteiger partial charge in [0.2, 0.25) is 0 Å². The Kier molecular flexibility index (Phi) is 33.9. The molecule has 0 aliphatic carbocycles. The zero-order chi connectivity index (χ0) is 30.0. The molecule has 0 heterocycles. The van der Waals surface area contributed by atoms with Gasteiger partial charge in [0.1, 0.15) is 0 Å². The molecule has 0 saturated heterocycles. The molecule has 0 spiro atoms. The van der Waals surface area contributed by atoms with E-state index in [-0.39, 0.29) is 19.4 Å². The molecule has 0 radical (unpaired) electrons. The normalized spacial score (nSPS) is 12.0. The van der Waals surface area contributed by atoms with Gasteiger partial charge in [0.05, 0.1) is 158 Å². The largest absolute Gasteiger partial charge is 0.382 e. The van der Waals surface area contributed by atoms with E-state index in [0.717, 1.165) is 0 Å². The molecule has 2 N–H and O–H groups in total. The number of rotatable bonds is 36. The van der Waals surface area contributed by atoms with Crippen molar-refractivity contribution >= 4 is 7.60 Å². The molecule has 0 saturated carbocycles. The topological polar surface area (TPSA) is 168 Å². The Hall–Kier alpha value is -0.330. The second kappa shape index (κ2) is 34.2. The average Bonchev–Trinajstić information content (AvgIpc) is 2.94. The van der Waals surface area contributed by atoms with Gasteiger partial charge in [-0.05, 0) is 0 Å². The summed E-state index contributed by atoms with van der Waals surface area (Å²) in [5.74, 6) is 0. The molecule has 0 aliphatic heterocycles. The average molecular weight is 625 g/mol. The van der Waals surface area contributed by atoms with E-state index in [1.54, 1.807) is 7.11 Å². The van der Waals surface area contributed by atoms with Crippen molar-refractivity contribution in [3.63, 3.8) is 0 Å². The van der Waals surface area contributed by atoms with E-state index < -0.39 is 7.60 Å². The highest BCUT2D eigenvalue weighted by Crippen LogP contribution is 2.33. The van der Waals surface area contributed by atoms with E-state index in [9.17, 15) is 4.57 Å². The Morgan fingerprint density at radius 1 is 0.341 bits per heavy atom. The van der Waals surface area contributed by atoms with Gasteiger partial charge in [-0.1, -0.05) is 0 Å². The van der Waals surface area contributed by atoms with Crippen LogP contribution in [0.3, 0.4) is 0 Å². The van der Waals surface area contributed by atoms with Crippen molar-refractivity contribution in [1.82, 2.24) is 0 Å².